The number of hydrogen-bond acceptors (Lipinski definition) is 4. The summed E-state index contributed by atoms with van der Waals surface area (Å²) in [5.41, 5.74) is 3.99. The molecule has 2 aromatic carbocycles. The Morgan fingerprint density at radius 2 is 1.89 bits per heavy atom. The summed E-state index contributed by atoms with van der Waals surface area (Å²) in [5.74, 6) is -0.165. The molecular formula is C22H22FNO2S. The number of hydrogen-bond donors (Lipinski definition) is 0. The van der Waals surface area contributed by atoms with E-state index in [4.69, 9.17) is 4.74 Å². The van der Waals surface area contributed by atoms with Crippen LogP contribution in [-0.4, -0.2) is 12.1 Å². The third-order valence-electron chi connectivity index (χ3n) is 3.92. The molecule has 0 spiro atoms. The number of rotatable bonds is 6. The molecule has 2 rings (SSSR count). The molecule has 140 valence electrons. The Labute approximate surface area is 163 Å². The SMILES string of the molecule is Cc1cc(C)c(CSc2ccc(F)cc2)cc1C=C(C#N)C(=O)OC(C)C. The van der Waals surface area contributed by atoms with Crippen LogP contribution in [0.25, 0.3) is 6.08 Å². The summed E-state index contributed by atoms with van der Waals surface area (Å²) < 4.78 is 18.2. The molecule has 0 radical (unpaired) electrons. The molecule has 0 atom stereocenters. The third kappa shape index (κ3) is 5.97. The lowest BCUT2D eigenvalue weighted by molar-refractivity contribution is -0.142. The third-order valence-corrected chi connectivity index (χ3v) is 4.98. The van der Waals surface area contributed by atoms with Crippen molar-refractivity contribution < 1.29 is 13.9 Å². The summed E-state index contributed by atoms with van der Waals surface area (Å²) in [7, 11) is 0. The number of carbonyl (C=O) groups is 1. The van der Waals surface area contributed by atoms with Gasteiger partial charge in [-0.2, -0.15) is 5.26 Å². The summed E-state index contributed by atoms with van der Waals surface area (Å²) in [5, 5.41) is 9.31. The number of thioether (sulfide) groups is 1. The number of benzene rings is 2. The van der Waals surface area contributed by atoms with Gasteiger partial charge in [-0.05, 0) is 80.3 Å². The average molecular weight is 383 g/mol. The Morgan fingerprint density at radius 3 is 2.48 bits per heavy atom. The fourth-order valence-electron chi connectivity index (χ4n) is 2.49. The summed E-state index contributed by atoms with van der Waals surface area (Å²) in [6.07, 6.45) is 1.29. The monoisotopic (exact) mass is 383 g/mol. The summed E-state index contributed by atoms with van der Waals surface area (Å²) >= 11 is 1.61. The van der Waals surface area contributed by atoms with Crippen LogP contribution in [0.5, 0.6) is 0 Å². The van der Waals surface area contributed by atoms with E-state index in [-0.39, 0.29) is 17.5 Å². The first-order valence-corrected chi connectivity index (χ1v) is 9.60. The molecule has 3 nitrogen and oxygen atoms in total. The number of nitrogens with zero attached hydrogens (tertiary/aromatic N) is 1. The van der Waals surface area contributed by atoms with Gasteiger partial charge in [0.25, 0.3) is 0 Å². The van der Waals surface area contributed by atoms with E-state index in [1.54, 1.807) is 43.8 Å². The van der Waals surface area contributed by atoms with Gasteiger partial charge in [-0.1, -0.05) is 12.1 Å². The highest BCUT2D eigenvalue weighted by Gasteiger charge is 2.14. The van der Waals surface area contributed by atoms with E-state index in [2.05, 4.69) is 0 Å². The summed E-state index contributed by atoms with van der Waals surface area (Å²) in [6, 6.07) is 12.3. The van der Waals surface area contributed by atoms with E-state index in [1.807, 2.05) is 32.0 Å². The van der Waals surface area contributed by atoms with Crippen molar-refractivity contribution in [1.29, 1.82) is 5.26 Å². The van der Waals surface area contributed by atoms with E-state index in [1.165, 1.54) is 12.1 Å². The quantitative estimate of drug-likeness (QED) is 0.282. The van der Waals surface area contributed by atoms with Crippen molar-refractivity contribution in [2.24, 2.45) is 0 Å². The number of carbonyl (C=O) groups excluding carboxylic acids is 1. The van der Waals surface area contributed by atoms with Crippen LogP contribution in [0.3, 0.4) is 0 Å². The van der Waals surface area contributed by atoms with Crippen molar-refractivity contribution in [1.82, 2.24) is 0 Å². The van der Waals surface area contributed by atoms with E-state index in [9.17, 15) is 14.4 Å². The van der Waals surface area contributed by atoms with Gasteiger partial charge in [0.1, 0.15) is 17.5 Å². The minimum absolute atomic E-state index is 0.0206. The predicted molar refractivity (Wildman–Crippen MR) is 107 cm³/mol. The van der Waals surface area contributed by atoms with Gasteiger partial charge in [-0.15, -0.1) is 11.8 Å². The van der Waals surface area contributed by atoms with Crippen LogP contribution in [0.4, 0.5) is 4.39 Å². The topological polar surface area (TPSA) is 50.1 Å². The maximum atomic E-state index is 13.0. The van der Waals surface area contributed by atoms with Gasteiger partial charge in [0.05, 0.1) is 6.10 Å². The fourth-order valence-corrected chi connectivity index (χ4v) is 3.45. The Hall–Kier alpha value is -2.58. The zero-order valence-corrected chi connectivity index (χ0v) is 16.7. The number of halogens is 1. The summed E-state index contributed by atoms with van der Waals surface area (Å²) in [4.78, 5) is 13.0. The Kier molecular flexibility index (Phi) is 7.20. The zero-order valence-electron chi connectivity index (χ0n) is 15.9. The lowest BCUT2D eigenvalue weighted by atomic mass is 9.99. The zero-order chi connectivity index (χ0) is 20.0. The van der Waals surface area contributed by atoms with Gasteiger partial charge in [-0.3, -0.25) is 0 Å². The molecule has 0 fully saturated rings. The predicted octanol–water partition coefficient (Wildman–Crippen LogP) is 5.59. The molecule has 0 unspecified atom stereocenters. The highest BCUT2D eigenvalue weighted by Crippen LogP contribution is 2.27. The van der Waals surface area contributed by atoms with Crippen molar-refractivity contribution >= 4 is 23.8 Å². The van der Waals surface area contributed by atoms with Crippen molar-refractivity contribution in [3.05, 3.63) is 70.0 Å². The van der Waals surface area contributed by atoms with Gasteiger partial charge in [-0.25, -0.2) is 9.18 Å². The second-order valence-corrected chi connectivity index (χ2v) is 7.55. The molecule has 0 amide bonds. The van der Waals surface area contributed by atoms with Crippen LogP contribution in [0, 0.1) is 31.0 Å². The molecular weight excluding hydrogens is 361 g/mol. The smallest absolute Gasteiger partial charge is 0.349 e. The maximum Gasteiger partial charge on any atom is 0.349 e. The number of nitriles is 1. The summed E-state index contributed by atoms with van der Waals surface area (Å²) in [6.45, 7) is 7.46. The fraction of sp³-hybridized carbons (Fsp3) is 0.273. The second-order valence-electron chi connectivity index (χ2n) is 6.50. The standard InChI is InChI=1S/C22H22FNO2S/c1-14(2)26-22(25)18(12-24)10-17-11-19(16(4)9-15(17)3)13-27-21-7-5-20(23)6-8-21/h5-11,14H,13H2,1-4H3. The molecule has 0 aliphatic heterocycles. The minimum atomic E-state index is -0.616. The molecule has 0 saturated carbocycles. The van der Waals surface area contributed by atoms with Crippen molar-refractivity contribution in [3.8, 4) is 6.07 Å². The van der Waals surface area contributed by atoms with E-state index in [0.717, 1.165) is 27.1 Å². The van der Waals surface area contributed by atoms with Crippen LogP contribution in [0.2, 0.25) is 0 Å². The number of esters is 1. The molecule has 0 aliphatic carbocycles. The Morgan fingerprint density at radius 1 is 1.22 bits per heavy atom. The van der Waals surface area contributed by atoms with E-state index < -0.39 is 5.97 Å². The highest BCUT2D eigenvalue weighted by atomic mass is 32.2. The maximum absolute atomic E-state index is 13.0. The van der Waals surface area contributed by atoms with Gasteiger partial charge in [0.15, 0.2) is 0 Å². The van der Waals surface area contributed by atoms with Crippen LogP contribution in [-0.2, 0) is 15.3 Å². The van der Waals surface area contributed by atoms with Gasteiger partial charge >= 0.3 is 5.97 Å². The largest absolute Gasteiger partial charge is 0.459 e. The molecule has 0 aromatic heterocycles. The molecule has 5 heteroatoms. The van der Waals surface area contributed by atoms with Crippen molar-refractivity contribution in [3.63, 3.8) is 0 Å². The van der Waals surface area contributed by atoms with Crippen LogP contribution >= 0.6 is 11.8 Å². The van der Waals surface area contributed by atoms with Crippen LogP contribution in [0.15, 0.2) is 46.9 Å². The van der Waals surface area contributed by atoms with E-state index >= 15 is 0 Å². The normalized spacial score (nSPS) is 11.4. The molecule has 27 heavy (non-hydrogen) atoms. The lowest BCUT2D eigenvalue weighted by Crippen LogP contribution is -2.12. The van der Waals surface area contributed by atoms with Gasteiger partial charge in [0, 0.05) is 10.6 Å². The van der Waals surface area contributed by atoms with Crippen LogP contribution in [0.1, 0.15) is 36.1 Å². The molecule has 0 N–H and O–H groups in total. The van der Waals surface area contributed by atoms with Crippen molar-refractivity contribution in [2.75, 3.05) is 0 Å². The Bertz CT molecular complexity index is 896. The first kappa shape index (κ1) is 20.7. The average Bonchev–Trinajstić information content (AvgIpc) is 2.61. The molecule has 0 heterocycles. The molecule has 0 aliphatic rings. The lowest BCUT2D eigenvalue weighted by Gasteiger charge is -2.11. The molecule has 0 bridgehead atoms. The van der Waals surface area contributed by atoms with Gasteiger partial charge < -0.3 is 4.74 Å². The van der Waals surface area contributed by atoms with Gasteiger partial charge in [0.2, 0.25) is 0 Å². The minimum Gasteiger partial charge on any atom is -0.459 e. The highest BCUT2D eigenvalue weighted by molar-refractivity contribution is 7.98. The Balaban J connectivity index is 2.26. The molecule has 0 saturated heterocycles. The first-order chi connectivity index (χ1) is 12.8. The number of aryl methyl sites for hydroxylation is 2. The first-order valence-electron chi connectivity index (χ1n) is 8.61. The second kappa shape index (κ2) is 9.38. The van der Waals surface area contributed by atoms with Crippen LogP contribution < -0.4 is 0 Å². The van der Waals surface area contributed by atoms with E-state index in [0.29, 0.717) is 5.75 Å². The van der Waals surface area contributed by atoms with Crippen molar-refractivity contribution in [2.45, 2.75) is 44.4 Å². The molecule has 2 aromatic rings. The number of ether oxygens (including phenoxy) is 1.